The average Bonchev–Trinajstić information content (AvgIpc) is 2.78. The normalized spacial score (nSPS) is 33.4. The van der Waals surface area contributed by atoms with Gasteiger partial charge in [-0.15, -0.1) is 0 Å². The van der Waals surface area contributed by atoms with Crippen LogP contribution in [0.25, 0.3) is 0 Å². The van der Waals surface area contributed by atoms with Crippen molar-refractivity contribution in [1.82, 2.24) is 9.03 Å². The highest BCUT2D eigenvalue weighted by Gasteiger charge is 2.47. The van der Waals surface area contributed by atoms with Gasteiger partial charge in [0.1, 0.15) is 0 Å². The first-order chi connectivity index (χ1) is 8.87. The lowest BCUT2D eigenvalue weighted by molar-refractivity contribution is -0.144. The molecule has 2 saturated heterocycles. The van der Waals surface area contributed by atoms with Crippen LogP contribution in [0.4, 0.5) is 0 Å². The summed E-state index contributed by atoms with van der Waals surface area (Å²) in [4.78, 5) is 11.3. The molecule has 7 nitrogen and oxygen atoms in total. The highest BCUT2D eigenvalue weighted by atomic mass is 32.2. The third-order valence-corrected chi connectivity index (χ3v) is 5.61. The van der Waals surface area contributed by atoms with Crippen molar-refractivity contribution in [3.8, 4) is 0 Å². The Morgan fingerprint density at radius 1 is 1.47 bits per heavy atom. The molecule has 0 aromatic rings. The van der Waals surface area contributed by atoms with Gasteiger partial charge < -0.3 is 9.84 Å². The molecule has 0 amide bonds. The first kappa shape index (κ1) is 14.7. The third kappa shape index (κ3) is 2.91. The number of carboxylic acid groups (broad SMARTS) is 1. The highest BCUT2D eigenvalue weighted by molar-refractivity contribution is 7.87. The fourth-order valence-corrected chi connectivity index (χ4v) is 4.40. The number of nitrogens with zero attached hydrogens (tertiary/aromatic N) is 1. The van der Waals surface area contributed by atoms with E-state index in [9.17, 15) is 18.3 Å². The Bertz CT molecular complexity index is 444. The number of nitrogens with one attached hydrogen (secondary N) is 1. The van der Waals surface area contributed by atoms with Gasteiger partial charge in [0, 0.05) is 25.6 Å². The zero-order chi connectivity index (χ0) is 14.1. The molecule has 2 aliphatic rings. The van der Waals surface area contributed by atoms with Crippen molar-refractivity contribution in [2.75, 3.05) is 19.8 Å². The highest BCUT2D eigenvalue weighted by Crippen LogP contribution is 2.24. The Morgan fingerprint density at radius 2 is 2.21 bits per heavy atom. The molecule has 0 spiro atoms. The van der Waals surface area contributed by atoms with Crippen LogP contribution in [0.2, 0.25) is 0 Å². The molecule has 2 N–H and O–H groups in total. The summed E-state index contributed by atoms with van der Waals surface area (Å²) in [6.07, 6.45) is 2.77. The lowest BCUT2D eigenvalue weighted by Crippen LogP contribution is -2.60. The topological polar surface area (TPSA) is 95.9 Å². The number of piperidine rings is 1. The zero-order valence-corrected chi connectivity index (χ0v) is 11.8. The fraction of sp³-hybridized carbons (Fsp3) is 0.909. The van der Waals surface area contributed by atoms with Gasteiger partial charge in [0.2, 0.25) is 0 Å². The summed E-state index contributed by atoms with van der Waals surface area (Å²) in [5.41, 5.74) is -1.52. The average molecular weight is 292 g/mol. The second-order valence-electron chi connectivity index (χ2n) is 5.25. The van der Waals surface area contributed by atoms with Crippen LogP contribution in [0.3, 0.4) is 0 Å². The first-order valence-corrected chi connectivity index (χ1v) is 7.93. The Balaban J connectivity index is 2.17. The molecule has 19 heavy (non-hydrogen) atoms. The van der Waals surface area contributed by atoms with Crippen LogP contribution in [0, 0.1) is 0 Å². The summed E-state index contributed by atoms with van der Waals surface area (Å²) in [5, 5.41) is 9.27. The van der Waals surface area contributed by atoms with Crippen molar-refractivity contribution in [2.45, 2.75) is 44.2 Å². The molecule has 2 heterocycles. The van der Waals surface area contributed by atoms with E-state index in [-0.39, 0.29) is 25.7 Å². The number of aliphatic carboxylic acids is 1. The maximum absolute atomic E-state index is 12.4. The van der Waals surface area contributed by atoms with Gasteiger partial charge in [0.05, 0.1) is 6.61 Å². The van der Waals surface area contributed by atoms with Gasteiger partial charge in [-0.1, -0.05) is 6.42 Å². The van der Waals surface area contributed by atoms with Crippen molar-refractivity contribution in [3.63, 3.8) is 0 Å². The summed E-state index contributed by atoms with van der Waals surface area (Å²) in [6, 6.07) is -0.0978. The van der Waals surface area contributed by atoms with Crippen molar-refractivity contribution in [1.29, 1.82) is 0 Å². The summed E-state index contributed by atoms with van der Waals surface area (Å²) in [6.45, 7) is 2.41. The largest absolute Gasteiger partial charge is 0.480 e. The van der Waals surface area contributed by atoms with Gasteiger partial charge in [-0.2, -0.15) is 17.4 Å². The fourth-order valence-electron chi connectivity index (χ4n) is 2.59. The van der Waals surface area contributed by atoms with E-state index in [1.807, 2.05) is 6.92 Å². The van der Waals surface area contributed by atoms with Crippen molar-refractivity contribution in [3.05, 3.63) is 0 Å². The van der Waals surface area contributed by atoms with Crippen LogP contribution in [-0.2, 0) is 19.7 Å². The van der Waals surface area contributed by atoms with Crippen LogP contribution in [0.5, 0.6) is 0 Å². The predicted octanol–water partition coefficient (Wildman–Crippen LogP) is -0.0611. The molecule has 0 aliphatic carbocycles. The number of hydrogen-bond donors (Lipinski definition) is 2. The van der Waals surface area contributed by atoms with E-state index in [0.717, 1.165) is 19.3 Å². The molecule has 110 valence electrons. The van der Waals surface area contributed by atoms with Crippen LogP contribution in [-0.4, -0.2) is 55.1 Å². The van der Waals surface area contributed by atoms with E-state index in [1.165, 1.54) is 4.31 Å². The van der Waals surface area contributed by atoms with Crippen LogP contribution < -0.4 is 4.72 Å². The van der Waals surface area contributed by atoms with Gasteiger partial charge >= 0.3 is 5.97 Å². The Labute approximate surface area is 113 Å². The van der Waals surface area contributed by atoms with E-state index in [2.05, 4.69) is 4.72 Å². The van der Waals surface area contributed by atoms with Crippen LogP contribution in [0.15, 0.2) is 0 Å². The minimum absolute atomic E-state index is 0.0978. The number of ether oxygens (including phenoxy) is 1. The molecule has 0 bridgehead atoms. The molecule has 0 saturated carbocycles. The van der Waals surface area contributed by atoms with E-state index in [4.69, 9.17) is 4.74 Å². The third-order valence-electron chi connectivity index (χ3n) is 3.81. The molecular formula is C11H20N2O5S. The predicted molar refractivity (Wildman–Crippen MR) is 67.9 cm³/mol. The number of rotatable bonds is 4. The molecule has 2 atom stereocenters. The van der Waals surface area contributed by atoms with Gasteiger partial charge in [-0.05, 0) is 19.8 Å². The summed E-state index contributed by atoms with van der Waals surface area (Å²) in [7, 11) is -3.80. The lowest BCUT2D eigenvalue weighted by Gasteiger charge is -2.35. The molecule has 0 aromatic heterocycles. The Kier molecular flexibility index (Phi) is 4.14. The summed E-state index contributed by atoms with van der Waals surface area (Å²) >= 11 is 0. The van der Waals surface area contributed by atoms with E-state index < -0.39 is 21.7 Å². The lowest BCUT2D eigenvalue weighted by atomic mass is 10.0. The van der Waals surface area contributed by atoms with Crippen LogP contribution in [0.1, 0.15) is 32.6 Å². The maximum Gasteiger partial charge on any atom is 0.327 e. The van der Waals surface area contributed by atoms with E-state index >= 15 is 0 Å². The summed E-state index contributed by atoms with van der Waals surface area (Å²) in [5.74, 6) is -1.18. The van der Waals surface area contributed by atoms with Gasteiger partial charge in [-0.25, -0.2) is 0 Å². The second-order valence-corrected chi connectivity index (χ2v) is 6.88. The minimum atomic E-state index is -3.80. The zero-order valence-electron chi connectivity index (χ0n) is 11.0. The quantitative estimate of drug-likeness (QED) is 0.756. The number of hydrogen-bond acceptors (Lipinski definition) is 4. The molecule has 0 radical (unpaired) electrons. The smallest absolute Gasteiger partial charge is 0.327 e. The minimum Gasteiger partial charge on any atom is -0.480 e. The second kappa shape index (κ2) is 5.35. The molecule has 2 rings (SSSR count). The number of carboxylic acids is 1. The standard InChI is InChI=1S/C11H20N2O5S/c1-9-4-2-3-6-13(9)19(16,17)12-11(10(14)15)5-7-18-8-11/h9,12H,2-8H2,1H3,(H,14,15). The molecule has 2 unspecified atom stereocenters. The van der Waals surface area contributed by atoms with Gasteiger partial charge in [0.15, 0.2) is 5.54 Å². The van der Waals surface area contributed by atoms with Gasteiger partial charge in [0.25, 0.3) is 10.2 Å². The monoisotopic (exact) mass is 292 g/mol. The van der Waals surface area contributed by atoms with Crippen LogP contribution >= 0.6 is 0 Å². The Morgan fingerprint density at radius 3 is 2.74 bits per heavy atom. The SMILES string of the molecule is CC1CCCCN1S(=O)(=O)NC1(C(=O)O)CCOC1. The van der Waals surface area contributed by atoms with E-state index in [1.54, 1.807) is 0 Å². The maximum atomic E-state index is 12.4. The molecule has 2 aliphatic heterocycles. The van der Waals surface area contributed by atoms with Crippen molar-refractivity contribution in [2.24, 2.45) is 0 Å². The molecule has 0 aromatic carbocycles. The molecular weight excluding hydrogens is 272 g/mol. The van der Waals surface area contributed by atoms with Gasteiger partial charge in [-0.3, -0.25) is 4.79 Å². The van der Waals surface area contributed by atoms with Crippen molar-refractivity contribution < 1.29 is 23.1 Å². The first-order valence-electron chi connectivity index (χ1n) is 6.49. The molecule has 2 fully saturated rings. The number of carbonyl (C=O) groups is 1. The van der Waals surface area contributed by atoms with E-state index in [0.29, 0.717) is 6.54 Å². The summed E-state index contributed by atoms with van der Waals surface area (Å²) < 4.78 is 33.5. The Hall–Kier alpha value is -0.700. The molecule has 8 heteroatoms. The van der Waals surface area contributed by atoms with Crippen molar-refractivity contribution >= 4 is 16.2 Å².